The van der Waals surface area contributed by atoms with E-state index in [2.05, 4.69) is 14.2 Å². The molecular formula is C58H47F6N3O9S3. The molecule has 0 bridgehead atoms. The van der Waals surface area contributed by atoms with Crippen LogP contribution in [0.4, 0.5) is 43.4 Å². The third-order valence-electron chi connectivity index (χ3n) is 11.6. The van der Waals surface area contributed by atoms with E-state index in [0.29, 0.717) is 51.3 Å². The molecule has 6 N–H and O–H groups in total. The van der Waals surface area contributed by atoms with Gasteiger partial charge >= 0.3 is 0 Å². The van der Waals surface area contributed by atoms with Gasteiger partial charge in [0, 0.05) is 58.6 Å². The van der Waals surface area contributed by atoms with Gasteiger partial charge in [-0.3, -0.25) is 14.2 Å². The molecule has 21 heteroatoms. The zero-order valence-corrected chi connectivity index (χ0v) is 43.6. The van der Waals surface area contributed by atoms with E-state index in [9.17, 15) is 51.6 Å². The van der Waals surface area contributed by atoms with E-state index in [4.69, 9.17) is 15.3 Å². The summed E-state index contributed by atoms with van der Waals surface area (Å²) in [4.78, 5) is 0.0227. The maximum atomic E-state index is 13.9. The van der Waals surface area contributed by atoms with Gasteiger partial charge in [0.1, 0.15) is 34.9 Å². The van der Waals surface area contributed by atoms with E-state index >= 15 is 0 Å². The average Bonchev–Trinajstić information content (AvgIpc) is 3.42. The van der Waals surface area contributed by atoms with Crippen LogP contribution < -0.4 is 14.2 Å². The van der Waals surface area contributed by atoms with Crippen LogP contribution in [-0.4, -0.2) is 47.2 Å². The molecule has 0 unspecified atom stereocenters. The molecule has 79 heavy (non-hydrogen) atoms. The Kier molecular flexibility index (Phi) is 19.1. The molecule has 0 atom stereocenters. The normalized spacial score (nSPS) is 11.4. The number of aliphatic hydroxyl groups is 3. The highest BCUT2D eigenvalue weighted by Gasteiger charge is 2.19. The lowest BCUT2D eigenvalue weighted by Gasteiger charge is -2.10. The maximum Gasteiger partial charge on any atom is 0.261 e. The Morgan fingerprint density at radius 3 is 0.987 bits per heavy atom. The van der Waals surface area contributed by atoms with Crippen molar-refractivity contribution in [2.45, 2.75) is 34.3 Å². The number of halogens is 6. The largest absolute Gasteiger partial charge is 0.396 e. The predicted molar refractivity (Wildman–Crippen MR) is 290 cm³/mol. The molecule has 408 valence electrons. The Morgan fingerprint density at radius 1 is 0.329 bits per heavy atom. The molecule has 0 radical (unpaired) electrons. The highest BCUT2D eigenvalue weighted by Crippen LogP contribution is 2.29. The second kappa shape index (κ2) is 25.9. The van der Waals surface area contributed by atoms with Crippen molar-refractivity contribution >= 4 is 47.1 Å². The SMILES string of the molecule is O=S(=O)(Nc1ccc(CO)cc1)c1ccc(-c2ccc(F)cc2F)cc1.O=S(=O)(Nc1cccc(CCO)c1)c1ccc(-c2ccc(F)cc2F)cc1.O=S(=O)(Nc1cccc(CO)c1)c1ccc(-c2ccc(F)cc2F)cc1. The number of anilines is 3. The fraction of sp³-hybridized carbons (Fsp3) is 0.0690. The molecule has 0 aliphatic heterocycles. The molecule has 0 saturated heterocycles. The summed E-state index contributed by atoms with van der Waals surface area (Å²) in [5, 5.41) is 27.1. The monoisotopic (exact) mass is 1140 g/mol. The van der Waals surface area contributed by atoms with Crippen LogP contribution in [0.3, 0.4) is 0 Å². The van der Waals surface area contributed by atoms with Gasteiger partial charge in [-0.25, -0.2) is 51.6 Å². The van der Waals surface area contributed by atoms with Gasteiger partial charge < -0.3 is 15.3 Å². The van der Waals surface area contributed by atoms with Gasteiger partial charge in [-0.1, -0.05) is 72.8 Å². The number of hydrogen-bond acceptors (Lipinski definition) is 9. The van der Waals surface area contributed by atoms with Crippen LogP contribution in [0, 0.1) is 34.9 Å². The second-order valence-corrected chi connectivity index (χ2v) is 22.2. The van der Waals surface area contributed by atoms with Gasteiger partial charge in [0.15, 0.2) is 0 Å². The molecule has 0 spiro atoms. The maximum absolute atomic E-state index is 13.9. The van der Waals surface area contributed by atoms with E-state index in [1.807, 2.05) is 0 Å². The molecule has 9 aromatic rings. The van der Waals surface area contributed by atoms with E-state index in [1.54, 1.807) is 66.7 Å². The van der Waals surface area contributed by atoms with Crippen molar-refractivity contribution in [3.05, 3.63) is 252 Å². The number of aliphatic hydroxyl groups excluding tert-OH is 3. The summed E-state index contributed by atoms with van der Waals surface area (Å²) >= 11 is 0. The number of nitrogens with one attached hydrogen (secondary N) is 3. The van der Waals surface area contributed by atoms with Crippen molar-refractivity contribution in [3.8, 4) is 33.4 Å². The minimum Gasteiger partial charge on any atom is -0.396 e. The van der Waals surface area contributed by atoms with E-state index in [1.165, 1.54) is 97.1 Å². The molecule has 9 rings (SSSR count). The summed E-state index contributed by atoms with van der Waals surface area (Å²) in [6, 6.07) is 46.0. The standard InChI is InChI=1S/C20H17F2NO3S.2C19H15F2NO3S/c21-16-6-9-19(20(22)13-16)15-4-7-18(8-5-15)27(25,26)23-17-3-1-2-14(12-17)10-11-24;20-15-5-10-18(19(21)11-15)14-3-8-17(9-4-14)26(24,25)22-16-6-1-13(12-23)2-7-16;20-15-6-9-18(19(21)11-15)14-4-7-17(8-5-14)26(24,25)22-16-3-1-2-13(10-16)12-23/h1-9,12-13,23-24H,10-11H2;2*1-11,22-23H,12H2. The third-order valence-corrected chi connectivity index (χ3v) is 15.7. The van der Waals surface area contributed by atoms with E-state index in [0.717, 1.165) is 42.0 Å². The molecule has 0 aromatic heterocycles. The number of hydrogen-bond donors (Lipinski definition) is 6. The van der Waals surface area contributed by atoms with Crippen molar-refractivity contribution < 1.29 is 66.9 Å². The summed E-state index contributed by atoms with van der Waals surface area (Å²) in [6.45, 7) is -0.362. The van der Waals surface area contributed by atoms with Gasteiger partial charge in [-0.15, -0.1) is 0 Å². The van der Waals surface area contributed by atoms with Crippen LogP contribution in [0.2, 0.25) is 0 Å². The lowest BCUT2D eigenvalue weighted by atomic mass is 10.1. The fourth-order valence-corrected chi connectivity index (χ4v) is 10.7. The zero-order chi connectivity index (χ0) is 56.9. The van der Waals surface area contributed by atoms with Gasteiger partial charge in [-0.2, -0.15) is 0 Å². The zero-order valence-electron chi connectivity index (χ0n) is 41.2. The van der Waals surface area contributed by atoms with Gasteiger partial charge in [0.25, 0.3) is 30.1 Å². The molecule has 0 aliphatic rings. The quantitative estimate of drug-likeness (QED) is 0.0510. The summed E-state index contributed by atoms with van der Waals surface area (Å²) in [6.07, 6.45) is 0.424. The molecule has 12 nitrogen and oxygen atoms in total. The Hall–Kier alpha value is -8.31. The Bertz CT molecular complexity index is 3920. The Balaban J connectivity index is 0.000000172. The lowest BCUT2D eigenvalue weighted by Crippen LogP contribution is -2.13. The highest BCUT2D eigenvalue weighted by atomic mass is 32.2. The molecule has 0 aliphatic carbocycles. The average molecular weight is 1140 g/mol. The van der Waals surface area contributed by atoms with Gasteiger partial charge in [-0.05, 0) is 149 Å². The van der Waals surface area contributed by atoms with Crippen LogP contribution in [-0.2, 0) is 49.7 Å². The summed E-state index contributed by atoms with van der Waals surface area (Å²) in [5.74, 6) is -4.20. The van der Waals surface area contributed by atoms with E-state index < -0.39 is 65.0 Å². The van der Waals surface area contributed by atoms with Crippen LogP contribution in [0.5, 0.6) is 0 Å². The van der Waals surface area contributed by atoms with Gasteiger partial charge in [0.2, 0.25) is 0 Å². The first-order chi connectivity index (χ1) is 37.7. The predicted octanol–water partition coefficient (Wildman–Crippen LogP) is 11.8. The van der Waals surface area contributed by atoms with Crippen molar-refractivity contribution in [2.75, 3.05) is 20.8 Å². The molecule has 0 fully saturated rings. The minimum atomic E-state index is -3.84. The number of rotatable bonds is 16. The lowest BCUT2D eigenvalue weighted by molar-refractivity contribution is 0.281. The van der Waals surface area contributed by atoms with Crippen molar-refractivity contribution in [1.29, 1.82) is 0 Å². The minimum absolute atomic E-state index is 0.00169. The number of benzene rings is 9. The summed E-state index contributed by atoms with van der Waals surface area (Å²) < 4.78 is 163. The molecule has 9 aromatic carbocycles. The Morgan fingerprint density at radius 2 is 0.658 bits per heavy atom. The molecule has 0 saturated carbocycles. The van der Waals surface area contributed by atoms with Crippen molar-refractivity contribution in [3.63, 3.8) is 0 Å². The van der Waals surface area contributed by atoms with Crippen LogP contribution in [0.15, 0.2) is 215 Å². The first-order valence-electron chi connectivity index (χ1n) is 23.5. The van der Waals surface area contributed by atoms with E-state index in [-0.39, 0.29) is 51.2 Å². The fourth-order valence-electron chi connectivity index (χ4n) is 7.58. The first-order valence-corrected chi connectivity index (χ1v) is 28.0. The smallest absolute Gasteiger partial charge is 0.261 e. The topological polar surface area (TPSA) is 199 Å². The van der Waals surface area contributed by atoms with Crippen LogP contribution in [0.25, 0.3) is 33.4 Å². The van der Waals surface area contributed by atoms with Crippen molar-refractivity contribution in [2.24, 2.45) is 0 Å². The van der Waals surface area contributed by atoms with Crippen LogP contribution in [0.1, 0.15) is 16.7 Å². The molecule has 0 heterocycles. The third kappa shape index (κ3) is 15.7. The molecular weight excluding hydrogens is 1090 g/mol. The Labute approximate surface area is 452 Å². The highest BCUT2D eigenvalue weighted by molar-refractivity contribution is 7.93. The first kappa shape index (κ1) is 58.4. The summed E-state index contributed by atoms with van der Waals surface area (Å²) in [5.41, 5.74) is 4.97. The van der Waals surface area contributed by atoms with Crippen LogP contribution >= 0.6 is 0 Å². The summed E-state index contributed by atoms with van der Waals surface area (Å²) in [7, 11) is -11.5. The van der Waals surface area contributed by atoms with Gasteiger partial charge in [0.05, 0.1) is 27.9 Å². The van der Waals surface area contributed by atoms with Crippen molar-refractivity contribution in [1.82, 2.24) is 0 Å². The molecule has 0 amide bonds. The number of sulfonamides is 3. The second-order valence-electron chi connectivity index (χ2n) is 17.1.